The average molecular weight is 153 g/mol. The zero-order valence-electron chi connectivity index (χ0n) is 8.52. The summed E-state index contributed by atoms with van der Waals surface area (Å²) in [5.74, 6) is 0.631. The fraction of sp³-hybridized carbons (Fsp3) is 0.700. The SMILES string of the molecule is C/N=C(C)\C(C)=C(/C)C(C)C. The Morgan fingerprint density at radius 2 is 1.55 bits per heavy atom. The molecule has 0 fully saturated rings. The van der Waals surface area contributed by atoms with Crippen molar-refractivity contribution in [3.63, 3.8) is 0 Å². The highest BCUT2D eigenvalue weighted by Gasteiger charge is 2.02. The summed E-state index contributed by atoms with van der Waals surface area (Å²) in [5, 5.41) is 0. The van der Waals surface area contributed by atoms with Gasteiger partial charge in [-0.25, -0.2) is 0 Å². The predicted octanol–water partition coefficient (Wildman–Crippen LogP) is 3.07. The molecular formula is C10H19N. The normalized spacial score (nSPS) is 15.4. The first-order valence-electron chi connectivity index (χ1n) is 4.11. The largest absolute Gasteiger partial charge is 0.293 e. The first-order valence-corrected chi connectivity index (χ1v) is 4.11. The van der Waals surface area contributed by atoms with Crippen LogP contribution in [0, 0.1) is 5.92 Å². The molecule has 64 valence electrons. The maximum absolute atomic E-state index is 4.15. The van der Waals surface area contributed by atoms with Crippen molar-refractivity contribution in [3.8, 4) is 0 Å². The lowest BCUT2D eigenvalue weighted by atomic mass is 9.97. The van der Waals surface area contributed by atoms with Crippen LogP contribution in [0.5, 0.6) is 0 Å². The molecule has 0 unspecified atom stereocenters. The minimum absolute atomic E-state index is 0.631. The van der Waals surface area contributed by atoms with Gasteiger partial charge in [0.15, 0.2) is 0 Å². The zero-order chi connectivity index (χ0) is 9.02. The Morgan fingerprint density at radius 1 is 1.09 bits per heavy atom. The van der Waals surface area contributed by atoms with E-state index in [9.17, 15) is 0 Å². The van der Waals surface area contributed by atoms with E-state index in [1.165, 1.54) is 11.1 Å². The second-order valence-electron chi connectivity index (χ2n) is 3.27. The zero-order valence-corrected chi connectivity index (χ0v) is 8.52. The van der Waals surface area contributed by atoms with E-state index in [1.54, 1.807) is 0 Å². The summed E-state index contributed by atoms with van der Waals surface area (Å²) in [6, 6.07) is 0. The van der Waals surface area contributed by atoms with Crippen LogP contribution in [0.3, 0.4) is 0 Å². The third-order valence-corrected chi connectivity index (χ3v) is 2.34. The summed E-state index contributed by atoms with van der Waals surface area (Å²) in [4.78, 5) is 4.15. The van der Waals surface area contributed by atoms with Gasteiger partial charge >= 0.3 is 0 Å². The Kier molecular flexibility index (Phi) is 4.09. The standard InChI is InChI=1S/C10H19N/c1-7(2)8(3)9(4)10(5)11-6/h7H,1-6H3/b9-8+,11-10-. The molecule has 0 aromatic rings. The molecule has 11 heavy (non-hydrogen) atoms. The number of hydrogen-bond donors (Lipinski definition) is 0. The lowest BCUT2D eigenvalue weighted by Gasteiger charge is -2.10. The molecule has 0 heterocycles. The van der Waals surface area contributed by atoms with Crippen LogP contribution in [0.25, 0.3) is 0 Å². The van der Waals surface area contributed by atoms with Crippen LogP contribution < -0.4 is 0 Å². The first kappa shape index (κ1) is 10.4. The van der Waals surface area contributed by atoms with Crippen LogP contribution in [-0.4, -0.2) is 12.8 Å². The molecule has 0 saturated carbocycles. The molecule has 0 aliphatic heterocycles. The maximum atomic E-state index is 4.15. The Balaban J connectivity index is 4.67. The van der Waals surface area contributed by atoms with E-state index >= 15 is 0 Å². The molecule has 0 rings (SSSR count). The van der Waals surface area contributed by atoms with Gasteiger partial charge < -0.3 is 0 Å². The predicted molar refractivity (Wildman–Crippen MR) is 52.2 cm³/mol. The number of aliphatic imine (C=N–C) groups is 1. The van der Waals surface area contributed by atoms with Gasteiger partial charge in [0.25, 0.3) is 0 Å². The quantitative estimate of drug-likeness (QED) is 0.541. The molecule has 0 aromatic carbocycles. The van der Waals surface area contributed by atoms with Crippen molar-refractivity contribution < 1.29 is 0 Å². The molecule has 1 nitrogen and oxygen atoms in total. The van der Waals surface area contributed by atoms with Gasteiger partial charge in [0.1, 0.15) is 0 Å². The summed E-state index contributed by atoms with van der Waals surface area (Å²) in [6.07, 6.45) is 0. The van der Waals surface area contributed by atoms with Gasteiger partial charge in [-0.1, -0.05) is 19.4 Å². The topological polar surface area (TPSA) is 12.4 Å². The molecule has 1 heteroatoms. The van der Waals surface area contributed by atoms with Crippen LogP contribution in [0.1, 0.15) is 34.6 Å². The van der Waals surface area contributed by atoms with E-state index in [4.69, 9.17) is 0 Å². The fourth-order valence-corrected chi connectivity index (χ4v) is 0.886. The van der Waals surface area contributed by atoms with Crippen molar-refractivity contribution in [2.45, 2.75) is 34.6 Å². The van der Waals surface area contributed by atoms with Crippen LogP contribution in [0.15, 0.2) is 16.1 Å². The highest BCUT2D eigenvalue weighted by molar-refractivity contribution is 5.98. The van der Waals surface area contributed by atoms with Crippen LogP contribution in [0.2, 0.25) is 0 Å². The molecule has 0 aliphatic rings. The van der Waals surface area contributed by atoms with Crippen molar-refractivity contribution in [2.75, 3.05) is 7.05 Å². The highest BCUT2D eigenvalue weighted by atomic mass is 14.7. The summed E-state index contributed by atoms with van der Waals surface area (Å²) in [7, 11) is 1.84. The van der Waals surface area contributed by atoms with Gasteiger partial charge in [-0.15, -0.1) is 0 Å². The van der Waals surface area contributed by atoms with Gasteiger partial charge in [0.2, 0.25) is 0 Å². The lowest BCUT2D eigenvalue weighted by Crippen LogP contribution is -2.01. The smallest absolute Gasteiger partial charge is 0.0342 e. The van der Waals surface area contributed by atoms with Crippen molar-refractivity contribution >= 4 is 5.71 Å². The number of nitrogens with zero attached hydrogens (tertiary/aromatic N) is 1. The van der Waals surface area contributed by atoms with Gasteiger partial charge in [0, 0.05) is 12.8 Å². The van der Waals surface area contributed by atoms with Crippen molar-refractivity contribution in [1.82, 2.24) is 0 Å². The fourth-order valence-electron chi connectivity index (χ4n) is 0.886. The van der Waals surface area contributed by atoms with Crippen LogP contribution in [-0.2, 0) is 0 Å². The monoisotopic (exact) mass is 153 g/mol. The van der Waals surface area contributed by atoms with E-state index in [-0.39, 0.29) is 0 Å². The summed E-state index contributed by atoms with van der Waals surface area (Å²) >= 11 is 0. The third-order valence-electron chi connectivity index (χ3n) is 2.34. The molecule has 0 bridgehead atoms. The number of hydrogen-bond acceptors (Lipinski definition) is 1. The summed E-state index contributed by atoms with van der Waals surface area (Å²) in [6.45, 7) is 10.8. The first-order chi connectivity index (χ1) is 5.00. The third kappa shape index (κ3) is 2.87. The summed E-state index contributed by atoms with van der Waals surface area (Å²) < 4.78 is 0. The van der Waals surface area contributed by atoms with E-state index in [1.807, 2.05) is 7.05 Å². The van der Waals surface area contributed by atoms with Gasteiger partial charge in [0.05, 0.1) is 0 Å². The Labute approximate surface area is 70.2 Å². The van der Waals surface area contributed by atoms with Gasteiger partial charge in [-0.05, 0) is 32.3 Å². The molecule has 0 N–H and O–H groups in total. The molecule has 0 spiro atoms. The maximum Gasteiger partial charge on any atom is 0.0342 e. The highest BCUT2D eigenvalue weighted by Crippen LogP contribution is 2.14. The second-order valence-corrected chi connectivity index (χ2v) is 3.27. The minimum atomic E-state index is 0.631. The van der Waals surface area contributed by atoms with E-state index < -0.39 is 0 Å². The Hall–Kier alpha value is -0.590. The minimum Gasteiger partial charge on any atom is -0.293 e. The Morgan fingerprint density at radius 3 is 1.82 bits per heavy atom. The van der Waals surface area contributed by atoms with E-state index in [0.717, 1.165) is 5.71 Å². The van der Waals surface area contributed by atoms with Crippen molar-refractivity contribution in [3.05, 3.63) is 11.1 Å². The van der Waals surface area contributed by atoms with Crippen LogP contribution >= 0.6 is 0 Å². The van der Waals surface area contributed by atoms with E-state index in [0.29, 0.717) is 5.92 Å². The lowest BCUT2D eigenvalue weighted by molar-refractivity contribution is 0.762. The molecule has 0 saturated heterocycles. The molecule has 0 aliphatic carbocycles. The summed E-state index contributed by atoms with van der Waals surface area (Å²) in [5.41, 5.74) is 3.92. The molecule has 0 aromatic heterocycles. The van der Waals surface area contributed by atoms with Crippen molar-refractivity contribution in [1.29, 1.82) is 0 Å². The molecular weight excluding hydrogens is 134 g/mol. The van der Waals surface area contributed by atoms with Gasteiger partial charge in [-0.2, -0.15) is 0 Å². The van der Waals surface area contributed by atoms with Crippen LogP contribution in [0.4, 0.5) is 0 Å². The molecule has 0 radical (unpaired) electrons. The average Bonchev–Trinajstić information content (AvgIpc) is 2.00. The number of rotatable bonds is 2. The second kappa shape index (κ2) is 4.32. The molecule has 0 amide bonds. The Bertz CT molecular complexity index is 185. The van der Waals surface area contributed by atoms with Crippen molar-refractivity contribution in [2.24, 2.45) is 10.9 Å². The van der Waals surface area contributed by atoms with Gasteiger partial charge in [-0.3, -0.25) is 4.99 Å². The number of allylic oxidation sites excluding steroid dienone is 2. The molecule has 0 atom stereocenters. The van der Waals surface area contributed by atoms with E-state index in [2.05, 4.69) is 39.6 Å².